The molecule has 0 bridgehead atoms. The number of hydrogen-bond donors (Lipinski definition) is 2. The molecule has 2 aromatic heterocycles. The van der Waals surface area contributed by atoms with E-state index in [-0.39, 0.29) is 11.7 Å². The van der Waals surface area contributed by atoms with Crippen molar-refractivity contribution in [3.05, 3.63) is 95.2 Å². The van der Waals surface area contributed by atoms with Gasteiger partial charge in [0.15, 0.2) is 0 Å². The molecule has 0 fully saturated rings. The molecular formula is C24H25FN4O. The predicted molar refractivity (Wildman–Crippen MR) is 118 cm³/mol. The number of nitrogens with one attached hydrogen (secondary N) is 2. The van der Waals surface area contributed by atoms with Gasteiger partial charge in [0.25, 0.3) is 5.91 Å². The quantitative estimate of drug-likeness (QED) is 0.575. The van der Waals surface area contributed by atoms with E-state index < -0.39 is 0 Å². The van der Waals surface area contributed by atoms with Crippen molar-refractivity contribution in [3.63, 3.8) is 0 Å². The zero-order valence-corrected chi connectivity index (χ0v) is 17.2. The average Bonchev–Trinajstić information content (AvgIpc) is 2.77. The van der Waals surface area contributed by atoms with Crippen molar-refractivity contribution >= 4 is 17.3 Å². The van der Waals surface area contributed by atoms with Crippen molar-refractivity contribution in [1.82, 2.24) is 15.3 Å². The molecule has 0 saturated heterocycles. The van der Waals surface area contributed by atoms with Crippen molar-refractivity contribution in [2.75, 3.05) is 11.9 Å². The second kappa shape index (κ2) is 10.3. The number of pyridine rings is 2. The maximum Gasteiger partial charge on any atom is 0.255 e. The monoisotopic (exact) mass is 404 g/mol. The lowest BCUT2D eigenvalue weighted by molar-refractivity contribution is 0.0951. The summed E-state index contributed by atoms with van der Waals surface area (Å²) in [4.78, 5) is 21.5. The van der Waals surface area contributed by atoms with E-state index in [0.29, 0.717) is 30.9 Å². The summed E-state index contributed by atoms with van der Waals surface area (Å²) in [6.07, 6.45) is 6.00. The third kappa shape index (κ3) is 5.73. The van der Waals surface area contributed by atoms with Crippen LogP contribution in [0.25, 0.3) is 5.57 Å². The Labute approximate surface area is 176 Å². The fourth-order valence-corrected chi connectivity index (χ4v) is 2.94. The van der Waals surface area contributed by atoms with Gasteiger partial charge in [-0.05, 0) is 67.3 Å². The normalized spacial score (nSPS) is 11.2. The fourth-order valence-electron chi connectivity index (χ4n) is 2.94. The first-order valence-corrected chi connectivity index (χ1v) is 9.86. The summed E-state index contributed by atoms with van der Waals surface area (Å²) in [5, 5.41) is 6.16. The van der Waals surface area contributed by atoms with Crippen molar-refractivity contribution in [2.45, 2.75) is 26.8 Å². The molecular weight excluding hydrogens is 379 g/mol. The highest BCUT2D eigenvalue weighted by atomic mass is 19.1. The predicted octanol–water partition coefficient (Wildman–Crippen LogP) is 4.62. The molecule has 0 saturated carbocycles. The summed E-state index contributed by atoms with van der Waals surface area (Å²) in [5.74, 6) is 0.0323. The molecule has 0 atom stereocenters. The van der Waals surface area contributed by atoms with Crippen LogP contribution in [-0.4, -0.2) is 22.4 Å². The summed E-state index contributed by atoms with van der Waals surface area (Å²) < 4.78 is 13.4. The first-order valence-electron chi connectivity index (χ1n) is 9.86. The molecule has 0 radical (unpaired) electrons. The molecule has 1 aromatic carbocycles. The van der Waals surface area contributed by atoms with Gasteiger partial charge >= 0.3 is 0 Å². The summed E-state index contributed by atoms with van der Waals surface area (Å²) in [6.45, 7) is 4.83. The Hall–Kier alpha value is -3.54. The summed E-state index contributed by atoms with van der Waals surface area (Å²) in [5.41, 5.74) is 4.08. The number of amides is 1. The molecule has 0 aliphatic rings. The molecule has 5 nitrogen and oxygen atoms in total. The van der Waals surface area contributed by atoms with Gasteiger partial charge in [-0.2, -0.15) is 0 Å². The Morgan fingerprint density at radius 1 is 1.13 bits per heavy atom. The molecule has 2 heterocycles. The topological polar surface area (TPSA) is 66.9 Å². The van der Waals surface area contributed by atoms with Crippen LogP contribution in [-0.2, 0) is 13.0 Å². The van der Waals surface area contributed by atoms with E-state index in [2.05, 4.69) is 20.6 Å². The third-order valence-electron chi connectivity index (χ3n) is 4.75. The van der Waals surface area contributed by atoms with Crippen LogP contribution in [0.3, 0.4) is 0 Å². The number of carbonyl (C=O) groups excluding carboxylic acids is 1. The van der Waals surface area contributed by atoms with Gasteiger partial charge < -0.3 is 10.6 Å². The molecule has 1 amide bonds. The van der Waals surface area contributed by atoms with Crippen LogP contribution in [0.2, 0.25) is 0 Å². The molecule has 30 heavy (non-hydrogen) atoms. The molecule has 0 aliphatic heterocycles. The van der Waals surface area contributed by atoms with Gasteiger partial charge in [-0.15, -0.1) is 0 Å². The number of hydrogen-bond acceptors (Lipinski definition) is 4. The van der Waals surface area contributed by atoms with E-state index in [9.17, 15) is 9.18 Å². The molecule has 3 rings (SSSR count). The standard InChI is InChI=1S/C24H25FN4O/c1-3-17(2)22-10-9-21(24(30)28-16-19-7-5-12-26-15-19)23(29-22)27-13-11-18-6-4-8-20(25)14-18/h3-10,12,14-15H,11,13,16H2,1-2H3,(H,27,29)(H,28,30). The minimum Gasteiger partial charge on any atom is -0.369 e. The largest absolute Gasteiger partial charge is 0.369 e. The summed E-state index contributed by atoms with van der Waals surface area (Å²) in [6, 6.07) is 13.9. The zero-order chi connectivity index (χ0) is 21.3. The summed E-state index contributed by atoms with van der Waals surface area (Å²) in [7, 11) is 0. The fraction of sp³-hybridized carbons (Fsp3) is 0.208. The van der Waals surface area contributed by atoms with Crippen LogP contribution in [0.1, 0.15) is 41.0 Å². The Morgan fingerprint density at radius 2 is 1.97 bits per heavy atom. The first kappa shape index (κ1) is 21.2. The SMILES string of the molecule is CC=C(C)c1ccc(C(=O)NCc2cccnc2)c(NCCc2cccc(F)c2)n1. The highest BCUT2D eigenvalue weighted by molar-refractivity contribution is 5.99. The van der Waals surface area contributed by atoms with Gasteiger partial charge in [-0.1, -0.05) is 24.3 Å². The number of nitrogens with zero attached hydrogens (tertiary/aromatic N) is 2. The minimum absolute atomic E-state index is 0.218. The van der Waals surface area contributed by atoms with Crippen LogP contribution < -0.4 is 10.6 Å². The van der Waals surface area contributed by atoms with Gasteiger partial charge in [-0.3, -0.25) is 9.78 Å². The van der Waals surface area contributed by atoms with Gasteiger partial charge in [-0.25, -0.2) is 9.37 Å². The van der Waals surface area contributed by atoms with Gasteiger partial charge in [0.05, 0.1) is 11.3 Å². The van der Waals surface area contributed by atoms with E-state index in [4.69, 9.17) is 0 Å². The molecule has 6 heteroatoms. The second-order valence-electron chi connectivity index (χ2n) is 6.91. The lowest BCUT2D eigenvalue weighted by Crippen LogP contribution is -2.25. The van der Waals surface area contributed by atoms with Crippen molar-refractivity contribution < 1.29 is 9.18 Å². The van der Waals surface area contributed by atoms with Gasteiger partial charge in [0.2, 0.25) is 0 Å². The lowest BCUT2D eigenvalue weighted by Gasteiger charge is -2.13. The molecule has 0 aliphatic carbocycles. The summed E-state index contributed by atoms with van der Waals surface area (Å²) >= 11 is 0. The number of halogens is 1. The lowest BCUT2D eigenvalue weighted by atomic mass is 10.1. The Kier molecular flexibility index (Phi) is 7.27. The smallest absolute Gasteiger partial charge is 0.255 e. The highest BCUT2D eigenvalue weighted by Gasteiger charge is 2.14. The third-order valence-corrected chi connectivity index (χ3v) is 4.75. The maximum atomic E-state index is 13.4. The maximum absolute atomic E-state index is 13.4. The van der Waals surface area contributed by atoms with Crippen LogP contribution in [0, 0.1) is 5.82 Å². The van der Waals surface area contributed by atoms with Crippen LogP contribution in [0.4, 0.5) is 10.2 Å². The number of carbonyl (C=O) groups is 1. The van der Waals surface area contributed by atoms with Gasteiger partial charge in [0.1, 0.15) is 11.6 Å². The van der Waals surface area contributed by atoms with E-state index in [1.165, 1.54) is 12.1 Å². The number of rotatable bonds is 8. The van der Waals surface area contributed by atoms with E-state index >= 15 is 0 Å². The van der Waals surface area contributed by atoms with E-state index in [0.717, 1.165) is 22.4 Å². The van der Waals surface area contributed by atoms with Crippen molar-refractivity contribution in [2.24, 2.45) is 0 Å². The van der Waals surface area contributed by atoms with E-state index in [1.54, 1.807) is 24.5 Å². The Bertz CT molecular complexity index is 1030. The molecule has 0 spiro atoms. The zero-order valence-electron chi connectivity index (χ0n) is 17.2. The van der Waals surface area contributed by atoms with Crippen LogP contribution >= 0.6 is 0 Å². The number of aromatic nitrogens is 2. The van der Waals surface area contributed by atoms with E-state index in [1.807, 2.05) is 44.2 Å². The average molecular weight is 404 g/mol. The molecule has 154 valence electrons. The number of allylic oxidation sites excluding steroid dienone is 2. The minimum atomic E-state index is -0.258. The Balaban J connectivity index is 1.74. The van der Waals surface area contributed by atoms with Gasteiger partial charge in [0, 0.05) is 25.5 Å². The molecule has 3 aromatic rings. The number of benzene rings is 1. The van der Waals surface area contributed by atoms with Crippen LogP contribution in [0.15, 0.2) is 67.0 Å². The first-order chi connectivity index (χ1) is 14.6. The van der Waals surface area contributed by atoms with Crippen molar-refractivity contribution in [1.29, 1.82) is 0 Å². The van der Waals surface area contributed by atoms with Crippen molar-refractivity contribution in [3.8, 4) is 0 Å². The molecule has 2 N–H and O–H groups in total. The Morgan fingerprint density at radius 3 is 2.70 bits per heavy atom. The molecule has 0 unspecified atom stereocenters. The number of anilines is 1. The highest BCUT2D eigenvalue weighted by Crippen LogP contribution is 2.19. The van der Waals surface area contributed by atoms with Crippen LogP contribution in [0.5, 0.6) is 0 Å². The second-order valence-corrected chi connectivity index (χ2v) is 6.91.